The van der Waals surface area contributed by atoms with E-state index in [2.05, 4.69) is 5.32 Å². The van der Waals surface area contributed by atoms with Crippen LogP contribution in [0.25, 0.3) is 0 Å². The second kappa shape index (κ2) is 8.75. The summed E-state index contributed by atoms with van der Waals surface area (Å²) in [5, 5.41) is 14.2. The second-order valence-corrected chi connectivity index (χ2v) is 7.07. The van der Waals surface area contributed by atoms with Crippen LogP contribution >= 0.6 is 12.4 Å². The molecule has 150 valence electrons. The molecule has 3 N–H and O–H groups in total. The molecule has 0 aliphatic heterocycles. The van der Waals surface area contributed by atoms with E-state index in [1.165, 1.54) is 20.3 Å². The van der Waals surface area contributed by atoms with Gasteiger partial charge >= 0.3 is 0 Å². The maximum Gasteiger partial charge on any atom is 0.276 e. The number of carbonyl (C=O) groups excluding carboxylic acids is 1. The van der Waals surface area contributed by atoms with Gasteiger partial charge in [0.1, 0.15) is 0 Å². The highest BCUT2D eigenvalue weighted by molar-refractivity contribution is 5.85. The third-order valence-electron chi connectivity index (χ3n) is 5.76. The number of benzene rings is 1. The van der Waals surface area contributed by atoms with Crippen LogP contribution in [-0.2, 0) is 11.2 Å². The normalized spacial score (nSPS) is 25.6. The number of nitro benzene ring substituents is 1. The first kappa shape index (κ1) is 21.2. The minimum absolute atomic E-state index is 0. The molecule has 2 bridgehead atoms. The quantitative estimate of drug-likeness (QED) is 0.535. The average Bonchev–Trinajstić information content (AvgIpc) is 3.21. The number of nitrogens with two attached hydrogens (primary N) is 1. The number of hydrogen-bond acceptors (Lipinski definition) is 6. The van der Waals surface area contributed by atoms with Crippen molar-refractivity contribution in [2.24, 2.45) is 23.5 Å². The topological polar surface area (TPSA) is 117 Å². The Morgan fingerprint density at radius 1 is 1.26 bits per heavy atom. The van der Waals surface area contributed by atoms with Gasteiger partial charge in [-0.2, -0.15) is 0 Å². The SMILES string of the molecule is COc1cc(CCNC(=O)C2C3CCC(C3)C2N)c([N+](=O)[O-])cc1OC.Cl. The van der Waals surface area contributed by atoms with E-state index < -0.39 is 4.92 Å². The third-order valence-corrected chi connectivity index (χ3v) is 5.76. The van der Waals surface area contributed by atoms with Gasteiger partial charge in [-0.25, -0.2) is 0 Å². The van der Waals surface area contributed by atoms with Crippen molar-refractivity contribution in [1.82, 2.24) is 5.32 Å². The van der Waals surface area contributed by atoms with Crippen LogP contribution in [0.3, 0.4) is 0 Å². The summed E-state index contributed by atoms with van der Waals surface area (Å²) in [4.78, 5) is 23.4. The lowest BCUT2D eigenvalue weighted by molar-refractivity contribution is -0.385. The number of nitrogens with zero attached hydrogens (tertiary/aromatic N) is 1. The monoisotopic (exact) mass is 399 g/mol. The number of nitro groups is 1. The van der Waals surface area contributed by atoms with Crippen LogP contribution in [0.5, 0.6) is 11.5 Å². The Morgan fingerprint density at radius 3 is 2.44 bits per heavy atom. The van der Waals surface area contributed by atoms with Crippen LogP contribution in [0, 0.1) is 27.9 Å². The first-order valence-electron chi connectivity index (χ1n) is 8.88. The smallest absolute Gasteiger partial charge is 0.276 e. The van der Waals surface area contributed by atoms with E-state index in [4.69, 9.17) is 15.2 Å². The zero-order chi connectivity index (χ0) is 18.8. The summed E-state index contributed by atoms with van der Waals surface area (Å²) in [6.45, 7) is 0.315. The maximum atomic E-state index is 12.5. The summed E-state index contributed by atoms with van der Waals surface area (Å²) in [6.07, 6.45) is 3.56. The largest absolute Gasteiger partial charge is 0.493 e. The Balaban J connectivity index is 0.00000261. The highest BCUT2D eigenvalue weighted by Crippen LogP contribution is 2.47. The number of methoxy groups -OCH3 is 2. The molecule has 0 saturated heterocycles. The van der Waals surface area contributed by atoms with Gasteiger partial charge in [0.2, 0.25) is 5.91 Å². The van der Waals surface area contributed by atoms with E-state index >= 15 is 0 Å². The Kier molecular flexibility index (Phi) is 6.89. The molecule has 1 amide bonds. The molecule has 2 aliphatic rings. The van der Waals surface area contributed by atoms with Crippen molar-refractivity contribution in [3.05, 3.63) is 27.8 Å². The molecule has 0 spiro atoms. The number of rotatable bonds is 7. The van der Waals surface area contributed by atoms with Crippen LogP contribution in [-0.4, -0.2) is 37.6 Å². The fourth-order valence-corrected chi connectivity index (χ4v) is 4.44. The number of ether oxygens (including phenoxy) is 2. The van der Waals surface area contributed by atoms with Gasteiger partial charge in [-0.15, -0.1) is 12.4 Å². The van der Waals surface area contributed by atoms with Crippen LogP contribution in [0.15, 0.2) is 12.1 Å². The number of carbonyl (C=O) groups is 1. The van der Waals surface area contributed by atoms with Crippen LogP contribution < -0.4 is 20.5 Å². The summed E-state index contributed by atoms with van der Waals surface area (Å²) in [5.74, 6) is 1.41. The highest BCUT2D eigenvalue weighted by atomic mass is 35.5. The Hall–Kier alpha value is -2.06. The molecule has 3 rings (SSSR count). The standard InChI is InChI=1S/C18H25N3O5.ClH/c1-25-14-8-10(13(21(23)24)9-15(14)26-2)5-6-20-18(22)16-11-3-4-12(7-11)17(16)19;/h8-9,11-12,16-17H,3-7,19H2,1-2H3,(H,20,22);1H. The second-order valence-electron chi connectivity index (χ2n) is 7.07. The Labute approximate surface area is 164 Å². The summed E-state index contributed by atoms with van der Waals surface area (Å²) in [5.41, 5.74) is 6.64. The van der Waals surface area contributed by atoms with Gasteiger partial charge in [0.25, 0.3) is 5.69 Å². The van der Waals surface area contributed by atoms with Gasteiger partial charge in [-0.3, -0.25) is 14.9 Å². The van der Waals surface area contributed by atoms with Crippen molar-refractivity contribution < 1.29 is 19.2 Å². The minimum Gasteiger partial charge on any atom is -0.493 e. The first-order chi connectivity index (χ1) is 12.5. The molecule has 2 aliphatic carbocycles. The average molecular weight is 400 g/mol. The fraction of sp³-hybridized carbons (Fsp3) is 0.611. The zero-order valence-electron chi connectivity index (χ0n) is 15.5. The molecule has 27 heavy (non-hydrogen) atoms. The Morgan fingerprint density at radius 2 is 1.89 bits per heavy atom. The minimum atomic E-state index is -0.453. The molecule has 0 heterocycles. The van der Waals surface area contributed by atoms with Crippen LogP contribution in [0.1, 0.15) is 24.8 Å². The lowest BCUT2D eigenvalue weighted by Gasteiger charge is -2.27. The fourth-order valence-electron chi connectivity index (χ4n) is 4.44. The number of nitrogens with one attached hydrogen (secondary N) is 1. The predicted molar refractivity (Wildman–Crippen MR) is 102 cm³/mol. The zero-order valence-corrected chi connectivity index (χ0v) is 16.3. The molecule has 9 heteroatoms. The molecule has 8 nitrogen and oxygen atoms in total. The van der Waals surface area contributed by atoms with Crippen LogP contribution in [0.2, 0.25) is 0 Å². The molecule has 1 aromatic rings. The molecular formula is C18H26ClN3O5. The van der Waals surface area contributed by atoms with Crippen molar-refractivity contribution in [1.29, 1.82) is 0 Å². The summed E-state index contributed by atoms with van der Waals surface area (Å²) < 4.78 is 10.3. The van der Waals surface area contributed by atoms with Gasteiger partial charge in [0.15, 0.2) is 11.5 Å². The molecule has 1 aromatic carbocycles. The number of fused-ring (bicyclic) bond motifs is 2. The summed E-state index contributed by atoms with van der Waals surface area (Å²) in [6, 6.07) is 2.87. The third kappa shape index (κ3) is 4.11. The van der Waals surface area contributed by atoms with E-state index in [9.17, 15) is 14.9 Å². The maximum absolute atomic E-state index is 12.5. The van der Waals surface area contributed by atoms with Crippen LogP contribution in [0.4, 0.5) is 5.69 Å². The number of halogens is 1. The van der Waals surface area contributed by atoms with E-state index in [-0.39, 0.29) is 36.0 Å². The van der Waals surface area contributed by atoms with Crippen molar-refractivity contribution in [2.75, 3.05) is 20.8 Å². The lowest BCUT2D eigenvalue weighted by atomic mass is 9.84. The number of amides is 1. The van der Waals surface area contributed by atoms with E-state index in [1.807, 2.05) is 0 Å². The molecule has 0 radical (unpaired) electrons. The van der Waals surface area contributed by atoms with Crippen molar-refractivity contribution in [3.8, 4) is 11.5 Å². The van der Waals surface area contributed by atoms with E-state index in [0.717, 1.165) is 19.3 Å². The molecular weight excluding hydrogens is 374 g/mol. The Bertz CT molecular complexity index is 712. The first-order valence-corrected chi connectivity index (χ1v) is 8.88. The molecule has 4 atom stereocenters. The molecule has 2 saturated carbocycles. The lowest BCUT2D eigenvalue weighted by Crippen LogP contribution is -2.45. The summed E-state index contributed by atoms with van der Waals surface area (Å²) >= 11 is 0. The van der Waals surface area contributed by atoms with Gasteiger partial charge in [-0.1, -0.05) is 0 Å². The number of hydrogen-bond donors (Lipinski definition) is 2. The van der Waals surface area contributed by atoms with Gasteiger partial charge in [0.05, 0.1) is 31.1 Å². The van der Waals surface area contributed by atoms with E-state index in [1.54, 1.807) is 6.07 Å². The summed E-state index contributed by atoms with van der Waals surface area (Å²) in [7, 11) is 2.91. The van der Waals surface area contributed by atoms with Crippen molar-refractivity contribution >= 4 is 24.0 Å². The molecule has 4 unspecified atom stereocenters. The van der Waals surface area contributed by atoms with Crippen molar-refractivity contribution in [3.63, 3.8) is 0 Å². The predicted octanol–water partition coefficient (Wildman–Crippen LogP) is 2.07. The van der Waals surface area contributed by atoms with Gasteiger partial charge in [0, 0.05) is 18.2 Å². The van der Waals surface area contributed by atoms with Crippen molar-refractivity contribution in [2.45, 2.75) is 31.7 Å². The molecule has 2 fully saturated rings. The van der Waals surface area contributed by atoms with Gasteiger partial charge < -0.3 is 20.5 Å². The highest BCUT2D eigenvalue weighted by Gasteiger charge is 2.48. The molecule has 0 aromatic heterocycles. The van der Waals surface area contributed by atoms with Gasteiger partial charge in [-0.05, 0) is 43.6 Å². The van der Waals surface area contributed by atoms with E-state index in [0.29, 0.717) is 41.9 Å².